The number of anilines is 1. The lowest BCUT2D eigenvalue weighted by Crippen LogP contribution is -2.18. The molecule has 2 aromatic heterocycles. The molecular formula is C14H15N5O2. The van der Waals surface area contributed by atoms with Gasteiger partial charge in [0.15, 0.2) is 0 Å². The van der Waals surface area contributed by atoms with Gasteiger partial charge in [0.05, 0.1) is 24.1 Å². The molecule has 0 atom stereocenters. The molecular weight excluding hydrogens is 270 g/mol. The first-order valence-electron chi connectivity index (χ1n) is 6.44. The van der Waals surface area contributed by atoms with Gasteiger partial charge in [0.25, 0.3) is 0 Å². The zero-order chi connectivity index (χ0) is 14.8. The van der Waals surface area contributed by atoms with Crippen molar-refractivity contribution in [1.82, 2.24) is 14.1 Å². The maximum absolute atomic E-state index is 11.3. The number of benzene rings is 1. The van der Waals surface area contributed by atoms with Gasteiger partial charge in [-0.25, -0.2) is 9.78 Å². The molecule has 0 spiro atoms. The molecule has 21 heavy (non-hydrogen) atoms. The zero-order valence-electron chi connectivity index (χ0n) is 11.3. The molecule has 0 unspecified atom stereocenters. The minimum atomic E-state index is -0.564. The number of nitrogen functional groups attached to an aromatic ring is 1. The van der Waals surface area contributed by atoms with E-state index in [4.69, 9.17) is 16.2 Å². The van der Waals surface area contributed by atoms with Crippen molar-refractivity contribution in [2.24, 2.45) is 5.73 Å². The zero-order valence-corrected chi connectivity index (χ0v) is 11.3. The molecule has 3 rings (SSSR count). The van der Waals surface area contributed by atoms with Gasteiger partial charge in [0, 0.05) is 24.0 Å². The lowest BCUT2D eigenvalue weighted by Gasteiger charge is -2.07. The van der Waals surface area contributed by atoms with Crippen LogP contribution in [0.2, 0.25) is 0 Å². The van der Waals surface area contributed by atoms with E-state index in [1.807, 2.05) is 10.8 Å². The van der Waals surface area contributed by atoms with Gasteiger partial charge in [-0.15, -0.1) is 0 Å². The Kier molecular flexibility index (Phi) is 3.23. The van der Waals surface area contributed by atoms with Crippen LogP contribution in [0.5, 0.6) is 5.75 Å². The highest BCUT2D eigenvalue weighted by atomic mass is 16.5. The molecule has 0 bridgehead atoms. The topological polar surface area (TPSA) is 101 Å². The third-order valence-electron chi connectivity index (χ3n) is 3.22. The summed E-state index contributed by atoms with van der Waals surface area (Å²) in [7, 11) is 0. The minimum Gasteiger partial charge on any atom is -0.492 e. The van der Waals surface area contributed by atoms with E-state index in [0.29, 0.717) is 30.1 Å². The third-order valence-corrected chi connectivity index (χ3v) is 3.22. The molecule has 0 fully saturated rings. The van der Waals surface area contributed by atoms with Crippen molar-refractivity contribution >= 4 is 22.6 Å². The highest BCUT2D eigenvalue weighted by Gasteiger charge is 2.10. The quantitative estimate of drug-likeness (QED) is 0.757. The Bertz CT molecular complexity index is 776. The predicted octanol–water partition coefficient (Wildman–Crippen LogP) is 1.43. The third kappa shape index (κ3) is 2.53. The molecule has 0 aliphatic rings. The van der Waals surface area contributed by atoms with Crippen molar-refractivity contribution in [1.29, 1.82) is 0 Å². The molecule has 4 N–H and O–H groups in total. The first-order chi connectivity index (χ1) is 10.1. The van der Waals surface area contributed by atoms with Crippen molar-refractivity contribution in [3.05, 3.63) is 43.1 Å². The van der Waals surface area contributed by atoms with E-state index in [2.05, 4.69) is 4.98 Å². The Morgan fingerprint density at radius 2 is 2.24 bits per heavy atom. The molecule has 2 heterocycles. The number of ether oxygens (including phenoxy) is 1. The molecule has 0 saturated heterocycles. The van der Waals surface area contributed by atoms with E-state index < -0.39 is 6.03 Å². The van der Waals surface area contributed by atoms with E-state index in [1.165, 1.54) is 10.8 Å². The fourth-order valence-electron chi connectivity index (χ4n) is 2.19. The second kappa shape index (κ2) is 5.20. The number of amides is 1. The summed E-state index contributed by atoms with van der Waals surface area (Å²) < 4.78 is 8.93. The van der Waals surface area contributed by atoms with E-state index in [1.54, 1.807) is 30.7 Å². The second-order valence-corrected chi connectivity index (χ2v) is 4.62. The van der Waals surface area contributed by atoms with Crippen LogP contribution in [0.4, 0.5) is 10.5 Å². The highest BCUT2D eigenvalue weighted by molar-refractivity contribution is 5.99. The van der Waals surface area contributed by atoms with Gasteiger partial charge in [-0.2, -0.15) is 0 Å². The van der Waals surface area contributed by atoms with Gasteiger partial charge in [-0.1, -0.05) is 0 Å². The Morgan fingerprint density at radius 3 is 2.95 bits per heavy atom. The summed E-state index contributed by atoms with van der Waals surface area (Å²) in [5, 5.41) is 0.744. The fourth-order valence-corrected chi connectivity index (χ4v) is 2.19. The number of carbonyl (C=O) groups is 1. The van der Waals surface area contributed by atoms with Crippen LogP contribution in [0.25, 0.3) is 10.9 Å². The number of nitrogens with two attached hydrogens (primary N) is 2. The van der Waals surface area contributed by atoms with Crippen LogP contribution in [0, 0.1) is 0 Å². The van der Waals surface area contributed by atoms with Crippen molar-refractivity contribution in [3.63, 3.8) is 0 Å². The van der Waals surface area contributed by atoms with Crippen LogP contribution in [0.15, 0.2) is 43.1 Å². The summed E-state index contributed by atoms with van der Waals surface area (Å²) in [6.45, 7) is 1.22. The average Bonchev–Trinajstić information content (AvgIpc) is 3.08. The van der Waals surface area contributed by atoms with Gasteiger partial charge < -0.3 is 20.8 Å². The van der Waals surface area contributed by atoms with Crippen LogP contribution >= 0.6 is 0 Å². The molecule has 7 heteroatoms. The average molecular weight is 285 g/mol. The minimum absolute atomic E-state index is 0.490. The summed E-state index contributed by atoms with van der Waals surface area (Å²) in [4.78, 5) is 15.3. The molecule has 3 aromatic rings. The largest absolute Gasteiger partial charge is 0.492 e. The molecule has 0 radical (unpaired) electrons. The molecule has 1 aromatic carbocycles. The Hall–Kier alpha value is -2.96. The van der Waals surface area contributed by atoms with Gasteiger partial charge in [-0.3, -0.25) is 4.57 Å². The van der Waals surface area contributed by atoms with Gasteiger partial charge in [0.2, 0.25) is 0 Å². The number of carbonyl (C=O) groups excluding carboxylic acids is 1. The van der Waals surface area contributed by atoms with Gasteiger partial charge in [0.1, 0.15) is 12.4 Å². The Balaban J connectivity index is 1.78. The Morgan fingerprint density at radius 1 is 1.38 bits per heavy atom. The summed E-state index contributed by atoms with van der Waals surface area (Å²) in [6.07, 6.45) is 6.84. The van der Waals surface area contributed by atoms with Crippen molar-refractivity contribution < 1.29 is 9.53 Å². The van der Waals surface area contributed by atoms with Crippen molar-refractivity contribution in [2.75, 3.05) is 12.3 Å². The number of primary amides is 1. The normalized spacial score (nSPS) is 10.9. The molecule has 0 saturated carbocycles. The smallest absolute Gasteiger partial charge is 0.323 e. The fraction of sp³-hybridized carbons (Fsp3) is 0.143. The summed E-state index contributed by atoms with van der Waals surface area (Å²) >= 11 is 0. The van der Waals surface area contributed by atoms with Crippen molar-refractivity contribution in [3.8, 4) is 5.75 Å². The van der Waals surface area contributed by atoms with E-state index in [9.17, 15) is 4.79 Å². The number of hydrogen-bond donors (Lipinski definition) is 2. The summed E-state index contributed by atoms with van der Waals surface area (Å²) in [6, 6.07) is 4.79. The molecule has 0 aliphatic carbocycles. The van der Waals surface area contributed by atoms with E-state index >= 15 is 0 Å². The molecule has 0 aliphatic heterocycles. The number of imidazole rings is 1. The highest BCUT2D eigenvalue weighted by Crippen LogP contribution is 2.27. The molecule has 1 amide bonds. The summed E-state index contributed by atoms with van der Waals surface area (Å²) in [5.74, 6) is 0.691. The first kappa shape index (κ1) is 13.0. The van der Waals surface area contributed by atoms with Crippen LogP contribution in [-0.2, 0) is 6.54 Å². The molecule has 7 nitrogen and oxygen atoms in total. The second-order valence-electron chi connectivity index (χ2n) is 4.62. The van der Waals surface area contributed by atoms with Crippen molar-refractivity contribution in [2.45, 2.75) is 6.54 Å². The number of rotatable bonds is 4. The van der Waals surface area contributed by atoms with Gasteiger partial charge in [-0.05, 0) is 18.2 Å². The predicted molar refractivity (Wildman–Crippen MR) is 79.1 cm³/mol. The maximum Gasteiger partial charge on any atom is 0.323 e. The lowest BCUT2D eigenvalue weighted by atomic mass is 10.2. The van der Waals surface area contributed by atoms with Crippen LogP contribution in [0.1, 0.15) is 0 Å². The Labute approximate surface area is 120 Å². The van der Waals surface area contributed by atoms with Crippen LogP contribution in [0.3, 0.4) is 0 Å². The number of fused-ring (bicyclic) bond motifs is 1. The van der Waals surface area contributed by atoms with Gasteiger partial charge >= 0.3 is 6.03 Å². The summed E-state index contributed by atoms with van der Waals surface area (Å²) in [5.41, 5.74) is 12.3. The van der Waals surface area contributed by atoms with E-state index in [-0.39, 0.29) is 0 Å². The number of hydrogen-bond acceptors (Lipinski definition) is 4. The standard InChI is InChI=1S/C14H15N5O2/c15-12-8-19(14(16)20)13-2-1-10(7-11(12)13)21-6-5-18-4-3-17-9-18/h1-4,7-9H,5-6,15H2,(H2,16,20). The number of aromatic nitrogens is 3. The SMILES string of the molecule is NC(=O)n1cc(N)c2cc(OCCn3ccnc3)ccc21. The first-order valence-corrected chi connectivity index (χ1v) is 6.44. The van der Waals surface area contributed by atoms with Crippen LogP contribution < -0.4 is 16.2 Å². The molecule has 108 valence electrons. The monoisotopic (exact) mass is 285 g/mol. The lowest BCUT2D eigenvalue weighted by molar-refractivity contribution is 0.251. The van der Waals surface area contributed by atoms with E-state index in [0.717, 1.165) is 5.39 Å². The van der Waals surface area contributed by atoms with Crippen LogP contribution in [-0.4, -0.2) is 26.8 Å². The maximum atomic E-state index is 11.3. The number of nitrogens with zero attached hydrogens (tertiary/aromatic N) is 3.